The fourth-order valence-electron chi connectivity index (χ4n) is 2.89. The van der Waals surface area contributed by atoms with E-state index in [0.29, 0.717) is 21.5 Å². The number of hydrogen-bond acceptors (Lipinski definition) is 7. The zero-order valence-electron chi connectivity index (χ0n) is 17.0. The third-order valence-corrected chi connectivity index (χ3v) is 5.51. The van der Waals surface area contributed by atoms with Gasteiger partial charge in [0.25, 0.3) is 11.6 Å². The van der Waals surface area contributed by atoms with Gasteiger partial charge in [-0.2, -0.15) is 13.2 Å². The summed E-state index contributed by atoms with van der Waals surface area (Å²) in [5.41, 5.74) is 1.07. The highest BCUT2D eigenvalue weighted by molar-refractivity contribution is 7.18. The molecule has 1 heterocycles. The second-order valence-corrected chi connectivity index (χ2v) is 7.93. The Labute approximate surface area is 194 Å². The summed E-state index contributed by atoms with van der Waals surface area (Å²) < 4.78 is 38.0. The van der Waals surface area contributed by atoms with Gasteiger partial charge in [-0.15, -0.1) is 10.2 Å². The first-order chi connectivity index (χ1) is 16.2. The highest BCUT2D eigenvalue weighted by Gasteiger charge is 2.30. The quantitative estimate of drug-likeness (QED) is 0.251. The number of carbonyl (C=O) groups excluding carboxylic acids is 1. The molecule has 0 saturated heterocycles. The predicted molar refractivity (Wildman–Crippen MR) is 121 cm³/mol. The van der Waals surface area contributed by atoms with Crippen LogP contribution in [0, 0.1) is 10.1 Å². The van der Waals surface area contributed by atoms with Gasteiger partial charge in [0.2, 0.25) is 5.13 Å². The van der Waals surface area contributed by atoms with Gasteiger partial charge in [-0.1, -0.05) is 11.3 Å². The van der Waals surface area contributed by atoms with Gasteiger partial charge in [0.15, 0.2) is 0 Å². The Morgan fingerprint density at radius 2 is 1.50 bits per heavy atom. The zero-order chi connectivity index (χ0) is 24.3. The number of amides is 1. The lowest BCUT2D eigenvalue weighted by Crippen LogP contribution is -2.12. The maximum Gasteiger partial charge on any atom is 0.416 e. The Morgan fingerprint density at radius 3 is 2.09 bits per heavy atom. The van der Waals surface area contributed by atoms with E-state index in [2.05, 4.69) is 20.8 Å². The van der Waals surface area contributed by atoms with E-state index in [-0.39, 0.29) is 11.3 Å². The summed E-state index contributed by atoms with van der Waals surface area (Å²) in [4.78, 5) is 22.6. The lowest BCUT2D eigenvalue weighted by Gasteiger charge is -2.08. The first-order valence-corrected chi connectivity index (χ1v) is 10.4. The van der Waals surface area contributed by atoms with Crippen LogP contribution >= 0.6 is 11.3 Å². The van der Waals surface area contributed by atoms with Crippen LogP contribution in [-0.2, 0) is 6.18 Å². The van der Waals surface area contributed by atoms with Crippen molar-refractivity contribution in [2.24, 2.45) is 0 Å². The molecule has 0 spiro atoms. The SMILES string of the molecule is O=C(Nc1ccc(-c2nnc(Nc3ccc([N+](=O)[O-])cc3)s2)cc1)c1ccc(C(F)(F)F)cc1. The lowest BCUT2D eigenvalue weighted by molar-refractivity contribution is -0.384. The van der Waals surface area contributed by atoms with Gasteiger partial charge in [-0.25, -0.2) is 0 Å². The van der Waals surface area contributed by atoms with Crippen molar-refractivity contribution < 1.29 is 22.9 Å². The molecule has 1 amide bonds. The number of rotatable bonds is 6. The molecular formula is C22H14F3N5O3S. The molecule has 0 aliphatic carbocycles. The Morgan fingerprint density at radius 1 is 0.882 bits per heavy atom. The summed E-state index contributed by atoms with van der Waals surface area (Å²) in [6, 6.07) is 16.6. The fraction of sp³-hybridized carbons (Fsp3) is 0.0455. The molecule has 3 aromatic carbocycles. The summed E-state index contributed by atoms with van der Waals surface area (Å²) in [7, 11) is 0. The van der Waals surface area contributed by atoms with E-state index in [9.17, 15) is 28.1 Å². The molecule has 0 radical (unpaired) electrons. The van der Waals surface area contributed by atoms with Gasteiger partial charge in [-0.3, -0.25) is 14.9 Å². The van der Waals surface area contributed by atoms with E-state index < -0.39 is 22.6 Å². The van der Waals surface area contributed by atoms with E-state index in [4.69, 9.17) is 0 Å². The standard InChI is InChI=1S/C22H14F3N5O3S/c23-22(24,25)15-5-1-13(2-6-15)19(31)26-16-7-3-14(4-8-16)20-28-29-21(34-20)27-17-9-11-18(12-10-17)30(32)33/h1-12H,(H,26,31)(H,27,29). The number of halogens is 3. The minimum atomic E-state index is -4.47. The van der Waals surface area contributed by atoms with Crippen molar-refractivity contribution in [3.8, 4) is 10.6 Å². The van der Waals surface area contributed by atoms with Gasteiger partial charge in [-0.05, 0) is 60.7 Å². The van der Waals surface area contributed by atoms with Crippen molar-refractivity contribution in [2.75, 3.05) is 10.6 Å². The number of aromatic nitrogens is 2. The van der Waals surface area contributed by atoms with Crippen LogP contribution < -0.4 is 10.6 Å². The number of nitro groups is 1. The molecule has 12 heteroatoms. The number of non-ortho nitro benzene ring substituents is 1. The molecule has 0 saturated carbocycles. The Balaban J connectivity index is 1.39. The number of anilines is 3. The van der Waals surface area contributed by atoms with Crippen molar-refractivity contribution in [2.45, 2.75) is 6.18 Å². The highest BCUT2D eigenvalue weighted by atomic mass is 32.1. The van der Waals surface area contributed by atoms with Crippen LogP contribution in [0.4, 0.5) is 35.4 Å². The van der Waals surface area contributed by atoms with Crippen molar-refractivity contribution in [1.82, 2.24) is 10.2 Å². The fourth-order valence-corrected chi connectivity index (χ4v) is 3.66. The summed E-state index contributed by atoms with van der Waals surface area (Å²) in [5, 5.41) is 25.6. The molecule has 0 aliphatic heterocycles. The van der Waals surface area contributed by atoms with Crippen LogP contribution in [0.1, 0.15) is 15.9 Å². The van der Waals surface area contributed by atoms with Gasteiger partial charge >= 0.3 is 6.18 Å². The highest BCUT2D eigenvalue weighted by Crippen LogP contribution is 2.31. The number of hydrogen-bond donors (Lipinski definition) is 2. The number of benzene rings is 3. The molecule has 4 aromatic rings. The zero-order valence-corrected chi connectivity index (χ0v) is 17.9. The third-order valence-electron chi connectivity index (χ3n) is 4.62. The maximum atomic E-state index is 12.7. The Kier molecular flexibility index (Phi) is 6.23. The number of alkyl halides is 3. The molecule has 172 valence electrons. The van der Waals surface area contributed by atoms with Crippen LogP contribution in [0.5, 0.6) is 0 Å². The van der Waals surface area contributed by atoms with Crippen molar-refractivity contribution in [3.63, 3.8) is 0 Å². The second-order valence-electron chi connectivity index (χ2n) is 6.95. The van der Waals surface area contributed by atoms with Gasteiger partial charge in [0.1, 0.15) is 5.01 Å². The first-order valence-electron chi connectivity index (χ1n) is 9.63. The molecule has 2 N–H and O–H groups in total. The molecule has 0 unspecified atom stereocenters. The minimum absolute atomic E-state index is 0.0194. The van der Waals surface area contributed by atoms with Crippen LogP contribution in [0.15, 0.2) is 72.8 Å². The predicted octanol–water partition coefficient (Wildman–Crippen LogP) is 6.13. The van der Waals surface area contributed by atoms with E-state index in [1.54, 1.807) is 36.4 Å². The molecule has 0 aliphatic rings. The van der Waals surface area contributed by atoms with E-state index in [1.165, 1.54) is 23.5 Å². The van der Waals surface area contributed by atoms with E-state index in [0.717, 1.165) is 29.8 Å². The molecular weight excluding hydrogens is 471 g/mol. The Bertz CT molecular complexity index is 1320. The summed E-state index contributed by atoms with van der Waals surface area (Å²) in [6.45, 7) is 0. The largest absolute Gasteiger partial charge is 0.416 e. The molecule has 0 bridgehead atoms. The smallest absolute Gasteiger partial charge is 0.330 e. The number of nitrogens with one attached hydrogen (secondary N) is 2. The van der Waals surface area contributed by atoms with Crippen molar-refractivity contribution >= 4 is 39.4 Å². The van der Waals surface area contributed by atoms with Gasteiger partial charge in [0.05, 0.1) is 10.5 Å². The normalized spacial score (nSPS) is 11.1. The number of nitro benzene ring substituents is 1. The van der Waals surface area contributed by atoms with Crippen LogP contribution in [0.2, 0.25) is 0 Å². The second kappa shape index (κ2) is 9.27. The van der Waals surface area contributed by atoms with Crippen LogP contribution in [0.3, 0.4) is 0 Å². The molecule has 4 rings (SSSR count). The first kappa shape index (κ1) is 22.9. The van der Waals surface area contributed by atoms with Gasteiger partial charge in [0, 0.05) is 34.6 Å². The summed E-state index contributed by atoms with van der Waals surface area (Å²) in [6.07, 6.45) is -4.47. The summed E-state index contributed by atoms with van der Waals surface area (Å²) >= 11 is 1.26. The molecule has 0 atom stereocenters. The monoisotopic (exact) mass is 485 g/mol. The molecule has 0 fully saturated rings. The van der Waals surface area contributed by atoms with Crippen molar-refractivity contribution in [1.29, 1.82) is 0 Å². The number of carbonyl (C=O) groups is 1. The minimum Gasteiger partial charge on any atom is -0.330 e. The molecule has 1 aromatic heterocycles. The lowest BCUT2D eigenvalue weighted by atomic mass is 10.1. The third kappa shape index (κ3) is 5.35. The molecule has 8 nitrogen and oxygen atoms in total. The van der Waals surface area contributed by atoms with Crippen LogP contribution in [-0.4, -0.2) is 21.0 Å². The van der Waals surface area contributed by atoms with E-state index >= 15 is 0 Å². The Hall–Kier alpha value is -4.32. The number of nitrogens with zero attached hydrogens (tertiary/aromatic N) is 3. The maximum absolute atomic E-state index is 12.7. The van der Waals surface area contributed by atoms with Gasteiger partial charge < -0.3 is 10.6 Å². The van der Waals surface area contributed by atoms with Crippen LogP contribution in [0.25, 0.3) is 10.6 Å². The average Bonchev–Trinajstić information content (AvgIpc) is 3.28. The topological polar surface area (TPSA) is 110 Å². The molecule has 34 heavy (non-hydrogen) atoms. The summed E-state index contributed by atoms with van der Waals surface area (Å²) in [5.74, 6) is -0.535. The van der Waals surface area contributed by atoms with Crippen molar-refractivity contribution in [3.05, 3.63) is 94.0 Å². The average molecular weight is 485 g/mol. The van der Waals surface area contributed by atoms with E-state index in [1.807, 2.05) is 0 Å².